The first-order chi connectivity index (χ1) is 13.6. The smallest absolute Gasteiger partial charge is 0.304 e. The number of benzene rings is 1. The normalized spacial score (nSPS) is 21.4. The number of amides is 1. The van der Waals surface area contributed by atoms with Crippen LogP contribution in [0, 0.1) is 5.92 Å². The van der Waals surface area contributed by atoms with Crippen LogP contribution in [0.25, 0.3) is 0 Å². The van der Waals surface area contributed by atoms with Crippen molar-refractivity contribution < 1.29 is 23.1 Å². The summed E-state index contributed by atoms with van der Waals surface area (Å²) in [5.74, 6) is -1.77. The number of nitrogens with zero attached hydrogens (tertiary/aromatic N) is 1. The molecule has 8 heteroatoms. The molecule has 6 nitrogen and oxygen atoms in total. The van der Waals surface area contributed by atoms with Gasteiger partial charge < -0.3 is 10.0 Å². The Hall–Kier alpha value is -1.60. The van der Waals surface area contributed by atoms with Crippen molar-refractivity contribution in [3.05, 3.63) is 34.9 Å². The molecule has 1 amide bonds. The van der Waals surface area contributed by atoms with Gasteiger partial charge in [-0.3, -0.25) is 9.59 Å². The van der Waals surface area contributed by atoms with E-state index >= 15 is 0 Å². The van der Waals surface area contributed by atoms with Crippen LogP contribution in [0.2, 0.25) is 5.02 Å². The summed E-state index contributed by atoms with van der Waals surface area (Å²) in [5.41, 5.74) is 0.932. The number of likely N-dealkylation sites (tertiary alicyclic amines) is 1. The standard InChI is InChI=1S/C21H30ClNO5S/c1-4-18(11-12-29(27,28)14(2)3)23-19(15-5-8-17(22)9-6-15)10-7-16(21(23)26)13-20(24)25/h5-6,8-9,14,16,18-19H,4,7,10-13H2,1-3H3,(H,24,25). The molecule has 1 N–H and O–H groups in total. The van der Waals surface area contributed by atoms with E-state index in [9.17, 15) is 23.1 Å². The fourth-order valence-electron chi connectivity index (χ4n) is 3.91. The Morgan fingerprint density at radius 1 is 1.24 bits per heavy atom. The average molecular weight is 444 g/mol. The van der Waals surface area contributed by atoms with Crippen molar-refractivity contribution in [1.29, 1.82) is 0 Å². The summed E-state index contributed by atoms with van der Waals surface area (Å²) in [6, 6.07) is 6.81. The van der Waals surface area contributed by atoms with Crippen molar-refractivity contribution >= 4 is 33.3 Å². The molecular weight excluding hydrogens is 414 g/mol. The van der Waals surface area contributed by atoms with Crippen molar-refractivity contribution in [3.8, 4) is 0 Å². The highest BCUT2D eigenvalue weighted by Gasteiger charge is 2.40. The van der Waals surface area contributed by atoms with Crippen molar-refractivity contribution in [2.24, 2.45) is 5.92 Å². The maximum absolute atomic E-state index is 13.3. The van der Waals surface area contributed by atoms with E-state index in [1.807, 2.05) is 19.1 Å². The third-order valence-electron chi connectivity index (χ3n) is 5.72. The van der Waals surface area contributed by atoms with E-state index in [-0.39, 0.29) is 30.2 Å². The number of carbonyl (C=O) groups is 2. The molecule has 0 aromatic heterocycles. The second kappa shape index (κ2) is 9.94. The molecule has 2 rings (SSSR count). The van der Waals surface area contributed by atoms with Gasteiger partial charge in [0, 0.05) is 17.0 Å². The minimum Gasteiger partial charge on any atom is -0.481 e. The SMILES string of the molecule is CCC(CCS(=O)(=O)C(C)C)N1C(=O)C(CC(=O)O)CCC1c1ccc(Cl)cc1. The lowest BCUT2D eigenvalue weighted by molar-refractivity contribution is -0.151. The molecule has 0 spiro atoms. The zero-order chi connectivity index (χ0) is 21.8. The van der Waals surface area contributed by atoms with Crippen molar-refractivity contribution in [1.82, 2.24) is 4.90 Å². The molecular formula is C21H30ClNO5S. The molecule has 0 radical (unpaired) electrons. The van der Waals surface area contributed by atoms with Gasteiger partial charge in [-0.25, -0.2) is 8.42 Å². The number of halogens is 1. The van der Waals surface area contributed by atoms with Gasteiger partial charge in [-0.1, -0.05) is 30.7 Å². The topological polar surface area (TPSA) is 91.8 Å². The van der Waals surface area contributed by atoms with Crippen LogP contribution < -0.4 is 0 Å². The van der Waals surface area contributed by atoms with E-state index in [0.717, 1.165) is 5.56 Å². The lowest BCUT2D eigenvalue weighted by Crippen LogP contribution is -2.49. The van der Waals surface area contributed by atoms with E-state index in [1.54, 1.807) is 30.9 Å². The van der Waals surface area contributed by atoms with Gasteiger partial charge in [-0.05, 0) is 57.2 Å². The van der Waals surface area contributed by atoms with Crippen molar-refractivity contribution in [2.45, 2.75) is 70.2 Å². The molecule has 1 aromatic rings. The third-order valence-corrected chi connectivity index (χ3v) is 8.22. The minimum absolute atomic E-state index is 0.00386. The fourth-order valence-corrected chi connectivity index (χ4v) is 5.11. The molecule has 1 aromatic carbocycles. The fraction of sp³-hybridized carbons (Fsp3) is 0.619. The number of hydrogen-bond donors (Lipinski definition) is 1. The van der Waals surface area contributed by atoms with Crippen LogP contribution in [0.5, 0.6) is 0 Å². The maximum atomic E-state index is 13.3. The maximum Gasteiger partial charge on any atom is 0.304 e. The first kappa shape index (κ1) is 23.7. The zero-order valence-corrected chi connectivity index (χ0v) is 18.7. The van der Waals surface area contributed by atoms with Crippen molar-refractivity contribution in [3.63, 3.8) is 0 Å². The van der Waals surface area contributed by atoms with Crippen LogP contribution >= 0.6 is 11.6 Å². The van der Waals surface area contributed by atoms with Crippen LogP contribution in [0.3, 0.4) is 0 Å². The number of aliphatic carboxylic acids is 1. The second-order valence-corrected chi connectivity index (χ2v) is 11.1. The van der Waals surface area contributed by atoms with Gasteiger partial charge in [0.15, 0.2) is 9.84 Å². The molecule has 1 saturated heterocycles. The minimum atomic E-state index is -3.23. The Bertz CT molecular complexity index is 822. The summed E-state index contributed by atoms with van der Waals surface area (Å²) in [5, 5.41) is 9.32. The molecule has 1 aliphatic heterocycles. The van der Waals surface area contributed by atoms with E-state index in [1.165, 1.54) is 0 Å². The Kier molecular flexibility index (Phi) is 8.11. The molecule has 0 aliphatic carbocycles. The number of carbonyl (C=O) groups excluding carboxylic acids is 1. The average Bonchev–Trinajstić information content (AvgIpc) is 2.65. The van der Waals surface area contributed by atoms with Gasteiger partial charge in [0.25, 0.3) is 0 Å². The lowest BCUT2D eigenvalue weighted by Gasteiger charge is -2.44. The molecule has 162 valence electrons. The molecule has 29 heavy (non-hydrogen) atoms. The van der Waals surface area contributed by atoms with Gasteiger partial charge in [-0.2, -0.15) is 0 Å². The zero-order valence-electron chi connectivity index (χ0n) is 17.2. The van der Waals surface area contributed by atoms with Gasteiger partial charge >= 0.3 is 5.97 Å². The predicted molar refractivity (Wildman–Crippen MR) is 114 cm³/mol. The van der Waals surface area contributed by atoms with Crippen LogP contribution in [0.15, 0.2) is 24.3 Å². The van der Waals surface area contributed by atoms with Gasteiger partial charge in [0.1, 0.15) is 0 Å². The van der Waals surface area contributed by atoms with Gasteiger partial charge in [0.2, 0.25) is 5.91 Å². The summed E-state index contributed by atoms with van der Waals surface area (Å²) >= 11 is 6.00. The quantitative estimate of drug-likeness (QED) is 0.620. The van der Waals surface area contributed by atoms with E-state index < -0.39 is 27.0 Å². The van der Waals surface area contributed by atoms with Crippen LogP contribution in [-0.2, 0) is 19.4 Å². The molecule has 0 bridgehead atoms. The summed E-state index contributed by atoms with van der Waals surface area (Å²) < 4.78 is 24.6. The largest absolute Gasteiger partial charge is 0.481 e. The number of hydrogen-bond acceptors (Lipinski definition) is 4. The monoisotopic (exact) mass is 443 g/mol. The Balaban J connectivity index is 2.34. The number of carboxylic acids is 1. The number of piperidine rings is 1. The molecule has 1 aliphatic rings. The summed E-state index contributed by atoms with van der Waals surface area (Å²) in [7, 11) is -3.23. The lowest BCUT2D eigenvalue weighted by atomic mass is 9.84. The highest BCUT2D eigenvalue weighted by atomic mass is 35.5. The van der Waals surface area contributed by atoms with Crippen LogP contribution in [-0.4, -0.2) is 47.3 Å². The van der Waals surface area contributed by atoms with E-state index in [2.05, 4.69) is 0 Å². The first-order valence-electron chi connectivity index (χ1n) is 10.1. The van der Waals surface area contributed by atoms with Crippen molar-refractivity contribution in [2.75, 3.05) is 5.75 Å². The molecule has 1 fully saturated rings. The van der Waals surface area contributed by atoms with Gasteiger partial charge in [-0.15, -0.1) is 0 Å². The Morgan fingerprint density at radius 3 is 2.38 bits per heavy atom. The highest BCUT2D eigenvalue weighted by molar-refractivity contribution is 7.91. The number of carboxylic acid groups (broad SMARTS) is 1. The number of rotatable bonds is 9. The number of sulfone groups is 1. The van der Waals surface area contributed by atoms with Crippen LogP contribution in [0.1, 0.15) is 64.5 Å². The summed E-state index contributed by atoms with van der Waals surface area (Å²) in [4.78, 5) is 26.2. The highest BCUT2D eigenvalue weighted by Crippen LogP contribution is 2.38. The predicted octanol–water partition coefficient (Wildman–Crippen LogP) is 4.09. The van der Waals surface area contributed by atoms with E-state index in [0.29, 0.717) is 30.7 Å². The van der Waals surface area contributed by atoms with E-state index in [4.69, 9.17) is 11.6 Å². The summed E-state index contributed by atoms with van der Waals surface area (Å²) in [6.07, 6.45) is 1.87. The third kappa shape index (κ3) is 5.95. The van der Waals surface area contributed by atoms with Gasteiger partial charge in [0.05, 0.1) is 23.5 Å². The molecule has 3 unspecified atom stereocenters. The Labute approximate surface area is 178 Å². The second-order valence-electron chi connectivity index (χ2n) is 7.95. The summed E-state index contributed by atoms with van der Waals surface area (Å²) in [6.45, 7) is 5.24. The first-order valence-corrected chi connectivity index (χ1v) is 12.2. The molecule has 0 saturated carbocycles. The Morgan fingerprint density at radius 2 is 1.86 bits per heavy atom. The van der Waals surface area contributed by atoms with Crippen LogP contribution in [0.4, 0.5) is 0 Å². The molecule has 1 heterocycles. The molecule has 3 atom stereocenters.